The summed E-state index contributed by atoms with van der Waals surface area (Å²) < 4.78 is 29.2. The summed E-state index contributed by atoms with van der Waals surface area (Å²) >= 11 is 3.41. The van der Waals surface area contributed by atoms with Gasteiger partial charge in [-0.05, 0) is 55.4 Å². The van der Waals surface area contributed by atoms with Crippen LogP contribution in [0.15, 0.2) is 64.3 Å². The van der Waals surface area contributed by atoms with Gasteiger partial charge in [0.25, 0.3) is 0 Å². The number of carbonyl (C=O) groups is 1. The fourth-order valence-electron chi connectivity index (χ4n) is 3.87. The summed E-state index contributed by atoms with van der Waals surface area (Å²) in [6.45, 7) is 0. The summed E-state index contributed by atoms with van der Waals surface area (Å²) in [6.07, 6.45) is 11.9. The van der Waals surface area contributed by atoms with Gasteiger partial charge in [0.1, 0.15) is 0 Å². The third kappa shape index (κ3) is 6.31. The van der Waals surface area contributed by atoms with Crippen molar-refractivity contribution < 1.29 is 18.3 Å². The van der Waals surface area contributed by atoms with Gasteiger partial charge in [0, 0.05) is 28.4 Å². The Morgan fingerprint density at radius 1 is 1.24 bits per heavy atom. The zero-order valence-electron chi connectivity index (χ0n) is 16.2. The molecule has 7 heteroatoms. The van der Waals surface area contributed by atoms with Crippen molar-refractivity contribution in [1.82, 2.24) is 4.72 Å². The largest absolute Gasteiger partial charge is 0.481 e. The van der Waals surface area contributed by atoms with Crippen molar-refractivity contribution in [2.45, 2.75) is 38.5 Å². The Hall–Kier alpha value is -1.86. The number of halogens is 1. The Bertz CT molecular complexity index is 949. The van der Waals surface area contributed by atoms with Gasteiger partial charge in [0.2, 0.25) is 10.0 Å². The maximum Gasteiger partial charge on any atom is 0.303 e. The summed E-state index contributed by atoms with van der Waals surface area (Å²) in [4.78, 5) is 10.6. The molecule has 0 spiro atoms. The predicted molar refractivity (Wildman–Crippen MR) is 118 cm³/mol. The van der Waals surface area contributed by atoms with Gasteiger partial charge in [-0.3, -0.25) is 9.52 Å². The molecule has 1 aromatic carbocycles. The molecule has 2 unspecified atom stereocenters. The fraction of sp³-hybridized carbons (Fsp3) is 0.409. The van der Waals surface area contributed by atoms with Crippen LogP contribution in [0.4, 0.5) is 0 Å². The smallest absolute Gasteiger partial charge is 0.303 e. The fourth-order valence-corrected chi connectivity index (χ4v) is 5.55. The first-order valence-electron chi connectivity index (χ1n) is 9.87. The SMILES string of the molecule is O=C(O)CCCC=CCC1=C(NS(=O)(=O)CCc2cccc(Br)c2)C2C=CC1C2. The average molecular weight is 480 g/mol. The van der Waals surface area contributed by atoms with E-state index >= 15 is 0 Å². The number of hydrogen-bond donors (Lipinski definition) is 2. The molecule has 2 bridgehead atoms. The number of rotatable bonds is 11. The second-order valence-corrected chi connectivity index (χ2v) is 10.3. The van der Waals surface area contributed by atoms with E-state index in [1.54, 1.807) is 0 Å². The van der Waals surface area contributed by atoms with Crippen molar-refractivity contribution in [3.63, 3.8) is 0 Å². The first-order valence-corrected chi connectivity index (χ1v) is 12.3. The van der Waals surface area contributed by atoms with Gasteiger partial charge in [-0.1, -0.05) is 52.4 Å². The summed E-state index contributed by atoms with van der Waals surface area (Å²) in [6, 6.07) is 7.70. The van der Waals surface area contributed by atoms with Crippen LogP contribution < -0.4 is 4.72 Å². The molecular weight excluding hydrogens is 454 g/mol. The van der Waals surface area contributed by atoms with Gasteiger partial charge in [0.05, 0.1) is 5.75 Å². The third-order valence-electron chi connectivity index (χ3n) is 5.33. The zero-order chi connectivity index (χ0) is 20.9. The summed E-state index contributed by atoms with van der Waals surface area (Å²) in [5, 5.41) is 8.68. The number of nitrogens with one attached hydrogen (secondary N) is 1. The molecule has 0 heterocycles. The normalized spacial score (nSPS) is 20.7. The summed E-state index contributed by atoms with van der Waals surface area (Å²) in [7, 11) is -3.43. The van der Waals surface area contributed by atoms with Crippen LogP contribution in [0.5, 0.6) is 0 Å². The van der Waals surface area contributed by atoms with Gasteiger partial charge >= 0.3 is 5.97 Å². The van der Waals surface area contributed by atoms with E-state index in [4.69, 9.17) is 5.11 Å². The minimum Gasteiger partial charge on any atom is -0.481 e. The molecule has 3 rings (SSSR count). The molecule has 0 aliphatic heterocycles. The standard InChI is InChI=1S/C22H26BrNO4S/c23-19-7-5-6-16(14-19)12-13-29(27,28)24-22-18-11-10-17(15-18)20(22)8-3-1-2-4-9-21(25)26/h1,3,5-7,10-11,14,17-18,24H,2,4,8-9,12-13,15H2,(H,25,26). The average Bonchev–Trinajstić information content (AvgIpc) is 3.25. The highest BCUT2D eigenvalue weighted by molar-refractivity contribution is 9.10. The zero-order valence-corrected chi connectivity index (χ0v) is 18.6. The molecule has 2 N–H and O–H groups in total. The van der Waals surface area contributed by atoms with Crippen molar-refractivity contribution >= 4 is 31.9 Å². The maximum atomic E-state index is 12.7. The number of benzene rings is 1. The number of fused-ring (bicyclic) bond motifs is 2. The minimum atomic E-state index is -3.43. The number of unbranched alkanes of at least 4 members (excludes halogenated alkanes) is 1. The Morgan fingerprint density at radius 3 is 2.79 bits per heavy atom. The van der Waals surface area contributed by atoms with E-state index in [-0.39, 0.29) is 18.1 Å². The molecule has 0 saturated carbocycles. The van der Waals surface area contributed by atoms with Crippen molar-refractivity contribution in [1.29, 1.82) is 0 Å². The number of aryl methyl sites for hydroxylation is 1. The van der Waals surface area contributed by atoms with E-state index in [9.17, 15) is 13.2 Å². The lowest BCUT2D eigenvalue weighted by Crippen LogP contribution is -2.29. The van der Waals surface area contributed by atoms with E-state index < -0.39 is 16.0 Å². The molecule has 0 radical (unpaired) electrons. The Balaban J connectivity index is 1.60. The first kappa shape index (κ1) is 21.8. The first-order chi connectivity index (χ1) is 13.8. The van der Waals surface area contributed by atoms with Crippen molar-refractivity contribution in [2.75, 3.05) is 5.75 Å². The number of hydrogen-bond acceptors (Lipinski definition) is 3. The quantitative estimate of drug-likeness (QED) is 0.359. The highest BCUT2D eigenvalue weighted by atomic mass is 79.9. The molecule has 29 heavy (non-hydrogen) atoms. The van der Waals surface area contributed by atoms with Gasteiger partial charge < -0.3 is 5.11 Å². The van der Waals surface area contributed by atoms with Crippen LogP contribution in [0.2, 0.25) is 0 Å². The second-order valence-electron chi connectivity index (χ2n) is 7.53. The Kier molecular flexibility index (Phi) is 7.35. The maximum absolute atomic E-state index is 12.7. The van der Waals surface area contributed by atoms with Crippen LogP contribution in [0.25, 0.3) is 0 Å². The van der Waals surface area contributed by atoms with Gasteiger partial charge in [-0.25, -0.2) is 8.42 Å². The molecule has 0 amide bonds. The number of allylic oxidation sites excluding steroid dienone is 5. The van der Waals surface area contributed by atoms with E-state index in [1.807, 2.05) is 36.4 Å². The van der Waals surface area contributed by atoms with Gasteiger partial charge in [0.15, 0.2) is 0 Å². The third-order valence-corrected chi connectivity index (χ3v) is 7.09. The van der Waals surface area contributed by atoms with Gasteiger partial charge in [-0.15, -0.1) is 0 Å². The highest BCUT2D eigenvalue weighted by Crippen LogP contribution is 2.44. The van der Waals surface area contributed by atoms with Gasteiger partial charge in [-0.2, -0.15) is 0 Å². The summed E-state index contributed by atoms with van der Waals surface area (Å²) in [5.41, 5.74) is 2.95. The van der Waals surface area contributed by atoms with Crippen LogP contribution in [0.1, 0.15) is 37.7 Å². The number of carboxylic acid groups (broad SMARTS) is 1. The van der Waals surface area contributed by atoms with Crippen LogP contribution in [-0.4, -0.2) is 25.2 Å². The topological polar surface area (TPSA) is 83.5 Å². The lowest BCUT2D eigenvalue weighted by Gasteiger charge is -2.18. The molecule has 2 atom stereocenters. The molecular formula is C22H26BrNO4S. The van der Waals surface area contributed by atoms with E-state index in [0.29, 0.717) is 25.2 Å². The predicted octanol–water partition coefficient (Wildman–Crippen LogP) is 4.57. The Morgan fingerprint density at radius 2 is 2.03 bits per heavy atom. The Labute approximate surface area is 180 Å². The minimum absolute atomic E-state index is 0.0480. The molecule has 1 aromatic rings. The van der Waals surface area contributed by atoms with Crippen LogP contribution >= 0.6 is 15.9 Å². The van der Waals surface area contributed by atoms with Crippen LogP contribution in [-0.2, 0) is 21.2 Å². The molecule has 2 aliphatic carbocycles. The molecule has 0 fully saturated rings. The van der Waals surface area contributed by atoms with Crippen LogP contribution in [0, 0.1) is 11.8 Å². The highest BCUT2D eigenvalue weighted by Gasteiger charge is 2.36. The number of aliphatic carboxylic acids is 1. The van der Waals surface area contributed by atoms with Crippen molar-refractivity contribution in [3.8, 4) is 0 Å². The van der Waals surface area contributed by atoms with E-state index in [2.05, 4.69) is 32.8 Å². The molecule has 0 saturated heterocycles. The molecule has 156 valence electrons. The number of sulfonamides is 1. The van der Waals surface area contributed by atoms with Crippen LogP contribution in [0.3, 0.4) is 0 Å². The lowest BCUT2D eigenvalue weighted by atomic mass is 9.98. The monoisotopic (exact) mass is 479 g/mol. The summed E-state index contributed by atoms with van der Waals surface area (Å²) in [5.74, 6) is -0.284. The lowest BCUT2D eigenvalue weighted by molar-refractivity contribution is -0.137. The van der Waals surface area contributed by atoms with E-state index in [0.717, 1.165) is 34.1 Å². The molecule has 2 aliphatic rings. The molecule has 0 aromatic heterocycles. The number of carboxylic acids is 1. The molecule has 5 nitrogen and oxygen atoms in total. The second kappa shape index (κ2) is 9.76. The van der Waals surface area contributed by atoms with E-state index in [1.165, 1.54) is 0 Å². The van der Waals surface area contributed by atoms with Crippen molar-refractivity contribution in [2.24, 2.45) is 11.8 Å². The van der Waals surface area contributed by atoms with Crippen molar-refractivity contribution in [3.05, 3.63) is 69.9 Å².